The van der Waals surface area contributed by atoms with Crippen LogP contribution in [0, 0.1) is 0 Å². The van der Waals surface area contributed by atoms with Gasteiger partial charge in [-0.1, -0.05) is 130 Å². The molecule has 28 heavy (non-hydrogen) atoms. The summed E-state index contributed by atoms with van der Waals surface area (Å²) in [4.78, 5) is 0. The van der Waals surface area contributed by atoms with Gasteiger partial charge in [0.25, 0.3) is 0 Å². The molecule has 0 heterocycles. The predicted molar refractivity (Wildman–Crippen MR) is 128 cm³/mol. The Balaban J connectivity index is 3.52. The summed E-state index contributed by atoms with van der Waals surface area (Å²) in [5.41, 5.74) is 0. The third kappa shape index (κ3) is 13.4. The summed E-state index contributed by atoms with van der Waals surface area (Å²) >= 11 is 0. The Hall–Kier alpha value is 0.137. The maximum Gasteiger partial charge on any atom is 0.343 e. The van der Waals surface area contributed by atoms with E-state index in [4.69, 9.17) is 8.85 Å². The van der Waals surface area contributed by atoms with Crippen LogP contribution < -0.4 is 0 Å². The van der Waals surface area contributed by atoms with Crippen LogP contribution in [-0.4, -0.2) is 22.3 Å². The van der Waals surface area contributed by atoms with E-state index in [1.54, 1.807) is 0 Å². The molecule has 0 aliphatic carbocycles. The highest BCUT2D eigenvalue weighted by atomic mass is 28.4. The molecule has 0 spiro atoms. The molecule has 170 valence electrons. The lowest BCUT2D eigenvalue weighted by Crippen LogP contribution is -2.49. The molecule has 0 bridgehead atoms. The van der Waals surface area contributed by atoms with Crippen molar-refractivity contribution in [1.29, 1.82) is 0 Å². The van der Waals surface area contributed by atoms with Crippen LogP contribution in [0.3, 0.4) is 0 Å². The van der Waals surface area contributed by atoms with Crippen LogP contribution in [0.15, 0.2) is 0 Å². The Morgan fingerprint density at radius 3 is 1.21 bits per heavy atom. The Morgan fingerprint density at radius 2 is 0.929 bits per heavy atom. The largest absolute Gasteiger partial charge is 0.397 e. The first-order valence-electron chi connectivity index (χ1n) is 12.6. The molecule has 0 saturated carbocycles. The van der Waals surface area contributed by atoms with Crippen LogP contribution in [0.5, 0.6) is 0 Å². The molecule has 0 aliphatic rings. The van der Waals surface area contributed by atoms with Crippen molar-refractivity contribution in [3.8, 4) is 0 Å². The molecule has 0 aromatic rings. The zero-order valence-electron chi connectivity index (χ0n) is 20.5. The van der Waals surface area contributed by atoms with E-state index >= 15 is 0 Å². The molecule has 3 heteroatoms. The van der Waals surface area contributed by atoms with E-state index in [1.165, 1.54) is 103 Å². The minimum atomic E-state index is -2.08. The van der Waals surface area contributed by atoms with Crippen molar-refractivity contribution in [2.45, 2.75) is 148 Å². The Kier molecular flexibility index (Phi) is 18.0. The van der Waals surface area contributed by atoms with E-state index < -0.39 is 8.56 Å². The maximum absolute atomic E-state index is 6.18. The molecule has 0 aliphatic heterocycles. The standard InChI is InChI=1S/C25H54O2Si/c1-7-9-10-11-12-13-14-15-16-17-18-19-20-21-22-23-24-28(26-6,27-8-2)25(3,4)5/h7-24H2,1-6H3. The maximum atomic E-state index is 6.18. The van der Waals surface area contributed by atoms with Gasteiger partial charge in [0.05, 0.1) is 0 Å². The van der Waals surface area contributed by atoms with E-state index in [-0.39, 0.29) is 5.04 Å². The molecular weight excluding hydrogens is 360 g/mol. The van der Waals surface area contributed by atoms with Crippen molar-refractivity contribution in [2.24, 2.45) is 0 Å². The van der Waals surface area contributed by atoms with Crippen LogP contribution in [0.4, 0.5) is 0 Å². The number of hydrogen-bond acceptors (Lipinski definition) is 2. The molecule has 0 saturated heterocycles. The second-order valence-corrected chi connectivity index (χ2v) is 13.9. The summed E-state index contributed by atoms with van der Waals surface area (Å²) in [7, 11) is -0.217. The fourth-order valence-electron chi connectivity index (χ4n) is 4.27. The van der Waals surface area contributed by atoms with E-state index in [2.05, 4.69) is 34.6 Å². The topological polar surface area (TPSA) is 18.5 Å². The monoisotopic (exact) mass is 414 g/mol. The van der Waals surface area contributed by atoms with Gasteiger partial charge in [-0.2, -0.15) is 0 Å². The first kappa shape index (κ1) is 28.1. The van der Waals surface area contributed by atoms with Crippen molar-refractivity contribution >= 4 is 8.56 Å². The molecule has 0 aromatic heterocycles. The zero-order chi connectivity index (χ0) is 21.1. The zero-order valence-corrected chi connectivity index (χ0v) is 21.5. The van der Waals surface area contributed by atoms with Crippen LogP contribution in [0.2, 0.25) is 11.1 Å². The highest BCUT2D eigenvalue weighted by Gasteiger charge is 2.47. The van der Waals surface area contributed by atoms with Crippen molar-refractivity contribution in [3.05, 3.63) is 0 Å². The summed E-state index contributed by atoms with van der Waals surface area (Å²) < 4.78 is 12.2. The lowest BCUT2D eigenvalue weighted by Gasteiger charge is -2.39. The van der Waals surface area contributed by atoms with E-state index in [0.717, 1.165) is 12.7 Å². The molecule has 2 nitrogen and oxygen atoms in total. The minimum absolute atomic E-state index is 0.146. The van der Waals surface area contributed by atoms with Gasteiger partial charge in [0.15, 0.2) is 0 Å². The molecule has 0 aromatic carbocycles. The molecule has 0 amide bonds. The third-order valence-electron chi connectivity index (χ3n) is 6.21. The fraction of sp³-hybridized carbons (Fsp3) is 1.00. The summed E-state index contributed by atoms with van der Waals surface area (Å²) in [6.45, 7) is 12.0. The molecule has 0 rings (SSSR count). The Labute approximate surface area is 179 Å². The van der Waals surface area contributed by atoms with Gasteiger partial charge in [0.1, 0.15) is 0 Å². The smallest absolute Gasteiger partial charge is 0.343 e. The molecule has 1 atom stereocenters. The fourth-order valence-corrected chi connectivity index (χ4v) is 7.71. The minimum Gasteiger partial charge on any atom is -0.397 e. The van der Waals surface area contributed by atoms with E-state index in [1.807, 2.05) is 7.11 Å². The molecule has 1 unspecified atom stereocenters. The van der Waals surface area contributed by atoms with Gasteiger partial charge in [-0.25, -0.2) is 0 Å². The second kappa shape index (κ2) is 17.9. The van der Waals surface area contributed by atoms with E-state index in [9.17, 15) is 0 Å². The van der Waals surface area contributed by atoms with Crippen molar-refractivity contribution in [3.63, 3.8) is 0 Å². The van der Waals surface area contributed by atoms with E-state index in [0.29, 0.717) is 0 Å². The summed E-state index contributed by atoms with van der Waals surface area (Å²) in [5, 5.41) is 0.146. The lowest BCUT2D eigenvalue weighted by atomic mass is 10.0. The van der Waals surface area contributed by atoms with Crippen LogP contribution in [-0.2, 0) is 8.85 Å². The van der Waals surface area contributed by atoms with Crippen LogP contribution in [0.1, 0.15) is 137 Å². The summed E-state index contributed by atoms with van der Waals surface area (Å²) in [6.07, 6.45) is 22.7. The van der Waals surface area contributed by atoms with Crippen LogP contribution in [0.25, 0.3) is 0 Å². The van der Waals surface area contributed by atoms with Gasteiger partial charge in [-0.15, -0.1) is 0 Å². The molecule has 0 N–H and O–H groups in total. The Morgan fingerprint density at radius 1 is 0.571 bits per heavy atom. The van der Waals surface area contributed by atoms with Gasteiger partial charge < -0.3 is 8.85 Å². The third-order valence-corrected chi connectivity index (χ3v) is 10.9. The molecule has 0 radical (unpaired) electrons. The number of rotatable bonds is 20. The van der Waals surface area contributed by atoms with Crippen molar-refractivity contribution in [1.82, 2.24) is 0 Å². The summed E-state index contributed by atoms with van der Waals surface area (Å²) in [6, 6.07) is 1.14. The Bertz CT molecular complexity index is 327. The van der Waals surface area contributed by atoms with Crippen molar-refractivity contribution in [2.75, 3.05) is 13.7 Å². The average Bonchev–Trinajstić information content (AvgIpc) is 2.65. The highest BCUT2D eigenvalue weighted by Crippen LogP contribution is 2.41. The quantitative estimate of drug-likeness (QED) is 0.146. The van der Waals surface area contributed by atoms with Gasteiger partial charge in [-0.05, 0) is 13.0 Å². The normalized spacial score (nSPS) is 14.4. The van der Waals surface area contributed by atoms with Crippen molar-refractivity contribution < 1.29 is 8.85 Å². The second-order valence-electron chi connectivity index (χ2n) is 9.69. The highest BCUT2D eigenvalue weighted by molar-refractivity contribution is 6.70. The average molecular weight is 415 g/mol. The predicted octanol–water partition coefficient (Wildman–Crippen LogP) is 9.17. The number of hydrogen-bond donors (Lipinski definition) is 0. The molecular formula is C25H54O2Si. The van der Waals surface area contributed by atoms with Gasteiger partial charge in [-0.3, -0.25) is 0 Å². The lowest BCUT2D eigenvalue weighted by molar-refractivity contribution is 0.183. The van der Waals surface area contributed by atoms with Gasteiger partial charge in [0.2, 0.25) is 0 Å². The first-order chi connectivity index (χ1) is 13.4. The summed E-state index contributed by atoms with van der Waals surface area (Å²) in [5.74, 6) is 0. The first-order valence-corrected chi connectivity index (χ1v) is 14.6. The molecule has 0 fully saturated rings. The number of unbranched alkanes of at least 4 members (excludes halogenated alkanes) is 15. The van der Waals surface area contributed by atoms with Gasteiger partial charge >= 0.3 is 8.56 Å². The van der Waals surface area contributed by atoms with Gasteiger partial charge in [0, 0.05) is 18.8 Å². The SMILES string of the molecule is CCCCCCCCCCCCCCCCCC[Si](OC)(OCC)C(C)(C)C. The van der Waals surface area contributed by atoms with Crippen LogP contribution >= 0.6 is 0 Å².